The molecule has 0 atom stereocenters. The number of piperazine rings is 1. The molecule has 27 heavy (non-hydrogen) atoms. The SMILES string of the molecule is COc1ccc(CNc2cc(C(=O)N3CCN(C)CC3)ccn2)cc1OC. The minimum absolute atomic E-state index is 0.0552. The van der Waals surface area contributed by atoms with Crippen LogP contribution in [0.4, 0.5) is 5.82 Å². The molecule has 1 aromatic carbocycles. The summed E-state index contributed by atoms with van der Waals surface area (Å²) in [6.07, 6.45) is 1.67. The number of carbonyl (C=O) groups is 1. The number of aromatic nitrogens is 1. The third kappa shape index (κ3) is 4.68. The zero-order valence-corrected chi connectivity index (χ0v) is 16.1. The smallest absolute Gasteiger partial charge is 0.254 e. The minimum atomic E-state index is 0.0552. The van der Waals surface area contributed by atoms with Crippen molar-refractivity contribution in [2.45, 2.75) is 6.54 Å². The molecule has 3 rings (SSSR count). The van der Waals surface area contributed by atoms with Crippen molar-refractivity contribution in [1.82, 2.24) is 14.8 Å². The number of amides is 1. The summed E-state index contributed by atoms with van der Waals surface area (Å²) < 4.78 is 10.6. The number of benzene rings is 1. The summed E-state index contributed by atoms with van der Waals surface area (Å²) in [6.45, 7) is 3.89. The number of anilines is 1. The highest BCUT2D eigenvalue weighted by molar-refractivity contribution is 5.94. The number of nitrogens with one attached hydrogen (secondary N) is 1. The van der Waals surface area contributed by atoms with Gasteiger partial charge in [0.1, 0.15) is 5.82 Å². The molecule has 7 heteroatoms. The lowest BCUT2D eigenvalue weighted by Gasteiger charge is -2.32. The molecule has 2 heterocycles. The summed E-state index contributed by atoms with van der Waals surface area (Å²) in [5.41, 5.74) is 1.69. The molecule has 1 N–H and O–H groups in total. The Hall–Kier alpha value is -2.80. The van der Waals surface area contributed by atoms with Crippen LogP contribution in [0.15, 0.2) is 36.5 Å². The number of pyridine rings is 1. The largest absolute Gasteiger partial charge is 0.493 e. The lowest BCUT2D eigenvalue weighted by Crippen LogP contribution is -2.47. The maximum Gasteiger partial charge on any atom is 0.254 e. The Morgan fingerprint density at radius 3 is 2.52 bits per heavy atom. The van der Waals surface area contributed by atoms with Crippen LogP contribution in [0.3, 0.4) is 0 Å². The number of likely N-dealkylation sites (N-methyl/N-ethyl adjacent to an activating group) is 1. The van der Waals surface area contributed by atoms with E-state index in [4.69, 9.17) is 9.47 Å². The van der Waals surface area contributed by atoms with E-state index in [1.54, 1.807) is 32.5 Å². The van der Waals surface area contributed by atoms with Crippen LogP contribution in [0.2, 0.25) is 0 Å². The van der Waals surface area contributed by atoms with E-state index in [1.807, 2.05) is 23.1 Å². The quantitative estimate of drug-likeness (QED) is 0.840. The summed E-state index contributed by atoms with van der Waals surface area (Å²) in [4.78, 5) is 21.2. The summed E-state index contributed by atoms with van der Waals surface area (Å²) in [5.74, 6) is 2.10. The summed E-state index contributed by atoms with van der Waals surface area (Å²) in [7, 11) is 5.30. The van der Waals surface area contributed by atoms with E-state index in [0.717, 1.165) is 31.7 Å². The van der Waals surface area contributed by atoms with Gasteiger partial charge in [0.25, 0.3) is 5.91 Å². The fraction of sp³-hybridized carbons (Fsp3) is 0.400. The first-order valence-electron chi connectivity index (χ1n) is 8.99. The number of ether oxygens (including phenoxy) is 2. The molecule has 144 valence electrons. The zero-order chi connectivity index (χ0) is 19.2. The average molecular weight is 370 g/mol. The van der Waals surface area contributed by atoms with Crippen LogP contribution in [0, 0.1) is 0 Å². The Labute approximate surface area is 159 Å². The molecule has 0 saturated carbocycles. The molecule has 1 aliphatic rings. The van der Waals surface area contributed by atoms with Crippen LogP contribution >= 0.6 is 0 Å². The molecule has 1 aliphatic heterocycles. The van der Waals surface area contributed by atoms with Crippen molar-refractivity contribution < 1.29 is 14.3 Å². The van der Waals surface area contributed by atoms with Gasteiger partial charge in [0.05, 0.1) is 14.2 Å². The van der Waals surface area contributed by atoms with Crippen molar-refractivity contribution in [3.63, 3.8) is 0 Å². The van der Waals surface area contributed by atoms with Gasteiger partial charge in [-0.15, -0.1) is 0 Å². The predicted octanol–water partition coefficient (Wildman–Crippen LogP) is 2.10. The van der Waals surface area contributed by atoms with Gasteiger partial charge in [-0.1, -0.05) is 6.07 Å². The Morgan fingerprint density at radius 2 is 1.81 bits per heavy atom. The highest BCUT2D eigenvalue weighted by atomic mass is 16.5. The summed E-state index contributed by atoms with van der Waals surface area (Å²) >= 11 is 0. The number of rotatable bonds is 6. The number of nitrogens with zero attached hydrogens (tertiary/aromatic N) is 3. The van der Waals surface area contributed by atoms with E-state index < -0.39 is 0 Å². The standard InChI is InChI=1S/C20H26N4O3/c1-23-8-10-24(11-9-23)20(25)16-6-7-21-19(13-16)22-14-15-4-5-17(26-2)18(12-15)27-3/h4-7,12-13H,8-11,14H2,1-3H3,(H,21,22). The van der Waals surface area contributed by atoms with Crippen LogP contribution in [0.5, 0.6) is 11.5 Å². The third-order valence-electron chi connectivity index (χ3n) is 4.72. The van der Waals surface area contributed by atoms with E-state index in [9.17, 15) is 4.79 Å². The Balaban J connectivity index is 1.65. The average Bonchev–Trinajstić information content (AvgIpc) is 2.72. The highest BCUT2D eigenvalue weighted by Gasteiger charge is 2.20. The fourth-order valence-electron chi connectivity index (χ4n) is 3.04. The molecule has 0 aliphatic carbocycles. The van der Waals surface area contributed by atoms with Crippen LogP contribution in [-0.2, 0) is 6.54 Å². The molecule has 0 unspecified atom stereocenters. The topological polar surface area (TPSA) is 66.9 Å². The van der Waals surface area contributed by atoms with E-state index in [-0.39, 0.29) is 5.91 Å². The first-order valence-corrected chi connectivity index (χ1v) is 8.99. The van der Waals surface area contributed by atoms with Gasteiger partial charge in [-0.3, -0.25) is 4.79 Å². The van der Waals surface area contributed by atoms with Crippen molar-refractivity contribution in [2.24, 2.45) is 0 Å². The molecule has 1 fully saturated rings. The lowest BCUT2D eigenvalue weighted by atomic mass is 10.2. The van der Waals surface area contributed by atoms with Gasteiger partial charge < -0.3 is 24.6 Å². The number of hydrogen-bond donors (Lipinski definition) is 1. The Morgan fingerprint density at radius 1 is 1.07 bits per heavy atom. The van der Waals surface area contributed by atoms with E-state index in [2.05, 4.69) is 22.2 Å². The molecule has 1 amide bonds. The maximum absolute atomic E-state index is 12.7. The van der Waals surface area contributed by atoms with E-state index in [1.165, 1.54) is 0 Å². The fourth-order valence-corrected chi connectivity index (χ4v) is 3.04. The van der Waals surface area contributed by atoms with Gasteiger partial charge in [-0.05, 0) is 36.9 Å². The van der Waals surface area contributed by atoms with Crippen LogP contribution in [0.25, 0.3) is 0 Å². The molecule has 1 saturated heterocycles. The highest BCUT2D eigenvalue weighted by Crippen LogP contribution is 2.27. The van der Waals surface area contributed by atoms with Crippen LogP contribution in [0.1, 0.15) is 15.9 Å². The van der Waals surface area contributed by atoms with Gasteiger partial charge in [0.2, 0.25) is 0 Å². The van der Waals surface area contributed by atoms with Gasteiger partial charge in [-0.2, -0.15) is 0 Å². The molecule has 7 nitrogen and oxygen atoms in total. The minimum Gasteiger partial charge on any atom is -0.493 e. The van der Waals surface area contributed by atoms with E-state index in [0.29, 0.717) is 29.4 Å². The number of hydrogen-bond acceptors (Lipinski definition) is 6. The first-order chi connectivity index (χ1) is 13.1. The van der Waals surface area contributed by atoms with Crippen LogP contribution in [-0.4, -0.2) is 68.1 Å². The zero-order valence-electron chi connectivity index (χ0n) is 16.1. The Bertz CT molecular complexity index is 789. The summed E-state index contributed by atoms with van der Waals surface area (Å²) in [5, 5.41) is 3.27. The molecular formula is C20H26N4O3. The van der Waals surface area contributed by atoms with Gasteiger partial charge in [0.15, 0.2) is 11.5 Å². The van der Waals surface area contributed by atoms with Crippen molar-refractivity contribution in [1.29, 1.82) is 0 Å². The van der Waals surface area contributed by atoms with Gasteiger partial charge in [-0.25, -0.2) is 4.98 Å². The van der Waals surface area contributed by atoms with Gasteiger partial charge in [0, 0.05) is 44.5 Å². The monoisotopic (exact) mass is 370 g/mol. The molecule has 0 bridgehead atoms. The Kier molecular flexibility index (Phi) is 6.13. The molecular weight excluding hydrogens is 344 g/mol. The second kappa shape index (κ2) is 8.73. The van der Waals surface area contributed by atoms with Crippen molar-refractivity contribution in [3.05, 3.63) is 47.7 Å². The predicted molar refractivity (Wildman–Crippen MR) is 105 cm³/mol. The lowest BCUT2D eigenvalue weighted by molar-refractivity contribution is 0.0664. The molecule has 0 radical (unpaired) electrons. The maximum atomic E-state index is 12.7. The van der Waals surface area contributed by atoms with Gasteiger partial charge >= 0.3 is 0 Å². The molecule has 0 spiro atoms. The third-order valence-corrected chi connectivity index (χ3v) is 4.72. The van der Waals surface area contributed by atoms with Crippen LogP contribution < -0.4 is 14.8 Å². The van der Waals surface area contributed by atoms with Crippen molar-refractivity contribution in [2.75, 3.05) is 52.8 Å². The van der Waals surface area contributed by atoms with E-state index >= 15 is 0 Å². The number of methoxy groups -OCH3 is 2. The van der Waals surface area contributed by atoms with Crippen molar-refractivity contribution in [3.8, 4) is 11.5 Å². The normalized spacial score (nSPS) is 14.7. The summed E-state index contributed by atoms with van der Waals surface area (Å²) in [6, 6.07) is 9.33. The number of carbonyl (C=O) groups excluding carboxylic acids is 1. The first kappa shape index (κ1) is 19.0. The second-order valence-corrected chi connectivity index (χ2v) is 6.57. The molecule has 2 aromatic rings. The van der Waals surface area contributed by atoms with Crippen molar-refractivity contribution >= 4 is 11.7 Å². The second-order valence-electron chi connectivity index (χ2n) is 6.57. The molecule has 1 aromatic heterocycles.